The summed E-state index contributed by atoms with van der Waals surface area (Å²) in [5.41, 5.74) is 2.05. The van der Waals surface area contributed by atoms with E-state index in [1.807, 2.05) is 12.1 Å². The number of rotatable bonds is 4. The number of hydrogen-bond acceptors (Lipinski definition) is 3. The van der Waals surface area contributed by atoms with E-state index in [1.165, 1.54) is 14.0 Å². The van der Waals surface area contributed by atoms with Gasteiger partial charge >= 0.3 is 5.97 Å². The highest BCUT2D eigenvalue weighted by atomic mass is 79.9. The summed E-state index contributed by atoms with van der Waals surface area (Å²) in [6.07, 6.45) is 0. The van der Waals surface area contributed by atoms with E-state index in [0.717, 1.165) is 5.56 Å². The predicted molar refractivity (Wildman–Crippen MR) is 72.8 cm³/mol. The van der Waals surface area contributed by atoms with Crippen molar-refractivity contribution in [2.45, 2.75) is 17.1 Å². The molecule has 0 aromatic heterocycles. The molecule has 3 nitrogen and oxygen atoms in total. The van der Waals surface area contributed by atoms with Crippen molar-refractivity contribution in [1.82, 2.24) is 0 Å². The average molecular weight is 364 g/mol. The molecule has 0 N–H and O–H groups in total. The first-order valence-electron chi connectivity index (χ1n) is 4.93. The van der Waals surface area contributed by atoms with E-state index in [1.54, 1.807) is 6.07 Å². The van der Waals surface area contributed by atoms with Crippen LogP contribution < -0.4 is 0 Å². The summed E-state index contributed by atoms with van der Waals surface area (Å²) in [7, 11) is 1.32. The van der Waals surface area contributed by atoms with E-state index in [4.69, 9.17) is 4.74 Å². The van der Waals surface area contributed by atoms with Crippen LogP contribution >= 0.6 is 31.9 Å². The minimum absolute atomic E-state index is 0.0538. The fourth-order valence-electron chi connectivity index (χ4n) is 1.42. The number of ether oxygens (including phenoxy) is 1. The lowest BCUT2D eigenvalue weighted by Gasteiger charge is -2.12. The Hall–Kier alpha value is -0.680. The lowest BCUT2D eigenvalue weighted by molar-refractivity contribution is -0.116. The molecule has 0 saturated heterocycles. The Bertz CT molecular complexity index is 443. The Morgan fingerprint density at radius 1 is 1.41 bits per heavy atom. The van der Waals surface area contributed by atoms with E-state index >= 15 is 0 Å². The summed E-state index contributed by atoms with van der Waals surface area (Å²) in [6.45, 7) is 1.47. The molecule has 1 aromatic carbocycles. The van der Waals surface area contributed by atoms with Crippen LogP contribution in [0, 0.1) is 0 Å². The van der Waals surface area contributed by atoms with Gasteiger partial charge in [0.2, 0.25) is 0 Å². The second-order valence-electron chi connectivity index (χ2n) is 3.52. The summed E-state index contributed by atoms with van der Waals surface area (Å²) < 4.78 is 4.70. The van der Waals surface area contributed by atoms with Gasteiger partial charge in [-0.1, -0.05) is 44.0 Å². The molecule has 0 aliphatic rings. The number of alkyl halides is 2. The molecule has 1 rings (SSSR count). The van der Waals surface area contributed by atoms with Gasteiger partial charge in [-0.3, -0.25) is 4.79 Å². The van der Waals surface area contributed by atoms with Crippen LogP contribution in [0.2, 0.25) is 0 Å². The number of benzene rings is 1. The molecule has 0 bridgehead atoms. The third-order valence-electron chi connectivity index (χ3n) is 2.31. The van der Waals surface area contributed by atoms with Crippen molar-refractivity contribution in [3.05, 3.63) is 34.9 Å². The number of halogens is 2. The van der Waals surface area contributed by atoms with Crippen LogP contribution in [-0.2, 0) is 14.9 Å². The third kappa shape index (κ3) is 3.39. The number of Topliss-reactive ketones (excluding diaryl/α,β-unsaturated/α-hetero) is 1. The number of esters is 1. The second kappa shape index (κ2) is 6.31. The number of methoxy groups -OCH3 is 1. The molecule has 0 fully saturated rings. The summed E-state index contributed by atoms with van der Waals surface area (Å²) in [5, 5.41) is 0.666. The molecule has 0 amide bonds. The number of carbonyl (C=O) groups excluding carboxylic acids is 2. The number of carbonyl (C=O) groups is 2. The van der Waals surface area contributed by atoms with Gasteiger partial charge < -0.3 is 4.74 Å². The van der Waals surface area contributed by atoms with E-state index < -0.39 is 10.8 Å². The molecular formula is C12H12Br2O3. The normalized spacial score (nSPS) is 12.0. The quantitative estimate of drug-likeness (QED) is 0.608. The molecule has 1 unspecified atom stereocenters. The first-order valence-corrected chi connectivity index (χ1v) is 6.96. The third-order valence-corrected chi connectivity index (χ3v) is 4.09. The van der Waals surface area contributed by atoms with E-state index in [2.05, 4.69) is 31.9 Å². The highest BCUT2D eigenvalue weighted by Gasteiger charge is 2.21. The molecular weight excluding hydrogens is 352 g/mol. The van der Waals surface area contributed by atoms with E-state index in [0.29, 0.717) is 16.5 Å². The van der Waals surface area contributed by atoms with Crippen LogP contribution in [0.25, 0.3) is 0 Å². The van der Waals surface area contributed by atoms with Gasteiger partial charge in [0.1, 0.15) is 5.78 Å². The minimum atomic E-state index is -0.490. The van der Waals surface area contributed by atoms with E-state index in [9.17, 15) is 9.59 Å². The Kier molecular flexibility index (Phi) is 5.33. The van der Waals surface area contributed by atoms with Gasteiger partial charge in [0.05, 0.1) is 17.5 Å². The standard InChI is InChI=1S/C12H12Br2O3/c1-7(15)11(14)10-5-8(6-13)3-4-9(10)12(16)17-2/h3-5,11H,6H2,1-2H3. The topological polar surface area (TPSA) is 43.4 Å². The molecule has 0 aliphatic carbocycles. The van der Waals surface area contributed by atoms with Crippen LogP contribution in [0.5, 0.6) is 0 Å². The minimum Gasteiger partial charge on any atom is -0.465 e. The van der Waals surface area contributed by atoms with Gasteiger partial charge in [-0.15, -0.1) is 0 Å². The zero-order chi connectivity index (χ0) is 13.0. The lowest BCUT2D eigenvalue weighted by Crippen LogP contribution is -2.11. The van der Waals surface area contributed by atoms with Gasteiger partial charge in [-0.05, 0) is 24.1 Å². The Morgan fingerprint density at radius 3 is 2.53 bits per heavy atom. The molecule has 1 atom stereocenters. The van der Waals surface area contributed by atoms with Gasteiger partial charge in [0.25, 0.3) is 0 Å². The molecule has 0 radical (unpaired) electrons. The summed E-state index contributed by atoms with van der Waals surface area (Å²) in [5.74, 6) is -0.492. The van der Waals surface area contributed by atoms with Gasteiger partial charge in [-0.2, -0.15) is 0 Å². The van der Waals surface area contributed by atoms with Crippen molar-refractivity contribution < 1.29 is 14.3 Å². The largest absolute Gasteiger partial charge is 0.465 e. The molecule has 0 saturated carbocycles. The van der Waals surface area contributed by atoms with Crippen molar-refractivity contribution in [1.29, 1.82) is 0 Å². The zero-order valence-corrected chi connectivity index (χ0v) is 12.7. The van der Waals surface area contributed by atoms with Gasteiger partial charge in [0.15, 0.2) is 0 Å². The highest BCUT2D eigenvalue weighted by Crippen LogP contribution is 2.29. The molecule has 0 aliphatic heterocycles. The van der Waals surface area contributed by atoms with Crippen LogP contribution in [-0.4, -0.2) is 18.9 Å². The zero-order valence-electron chi connectivity index (χ0n) is 9.50. The Balaban J connectivity index is 3.30. The fraction of sp³-hybridized carbons (Fsp3) is 0.333. The summed E-state index contributed by atoms with van der Waals surface area (Å²) in [4.78, 5) is 22.5. The molecule has 1 aromatic rings. The molecule has 0 spiro atoms. The number of hydrogen-bond donors (Lipinski definition) is 0. The second-order valence-corrected chi connectivity index (χ2v) is 5.00. The molecule has 92 valence electrons. The molecule has 0 heterocycles. The van der Waals surface area contributed by atoms with Crippen LogP contribution in [0.4, 0.5) is 0 Å². The maximum Gasteiger partial charge on any atom is 0.338 e. The van der Waals surface area contributed by atoms with Crippen LogP contribution in [0.1, 0.15) is 33.2 Å². The lowest BCUT2D eigenvalue weighted by atomic mass is 10.00. The van der Waals surface area contributed by atoms with Crippen molar-refractivity contribution in [3.63, 3.8) is 0 Å². The highest BCUT2D eigenvalue weighted by molar-refractivity contribution is 9.09. The first-order chi connectivity index (χ1) is 8.01. The van der Waals surface area contributed by atoms with Gasteiger partial charge in [0, 0.05) is 5.33 Å². The maximum absolute atomic E-state index is 11.6. The first kappa shape index (κ1) is 14.4. The monoisotopic (exact) mass is 362 g/mol. The van der Waals surface area contributed by atoms with E-state index in [-0.39, 0.29) is 5.78 Å². The molecule has 5 heteroatoms. The van der Waals surface area contributed by atoms with Crippen LogP contribution in [0.15, 0.2) is 18.2 Å². The Morgan fingerprint density at radius 2 is 2.06 bits per heavy atom. The van der Waals surface area contributed by atoms with Crippen molar-refractivity contribution in [2.75, 3.05) is 7.11 Å². The Labute approximate surface area is 117 Å². The molecule has 17 heavy (non-hydrogen) atoms. The predicted octanol–water partition coefficient (Wildman–Crippen LogP) is 3.39. The smallest absolute Gasteiger partial charge is 0.338 e. The SMILES string of the molecule is COC(=O)c1ccc(CBr)cc1C(Br)C(C)=O. The van der Waals surface area contributed by atoms with Crippen molar-refractivity contribution in [2.24, 2.45) is 0 Å². The average Bonchev–Trinajstić information content (AvgIpc) is 2.35. The van der Waals surface area contributed by atoms with Crippen molar-refractivity contribution >= 4 is 43.6 Å². The van der Waals surface area contributed by atoms with Gasteiger partial charge in [-0.25, -0.2) is 4.79 Å². The summed E-state index contributed by atoms with van der Waals surface area (Å²) >= 11 is 6.63. The maximum atomic E-state index is 11.6. The van der Waals surface area contributed by atoms with Crippen molar-refractivity contribution in [3.8, 4) is 0 Å². The fourth-order valence-corrected chi connectivity index (χ4v) is 2.15. The number of ketones is 1. The summed E-state index contributed by atoms with van der Waals surface area (Å²) in [6, 6.07) is 5.32. The van der Waals surface area contributed by atoms with Crippen LogP contribution in [0.3, 0.4) is 0 Å².